The standard InChI is InChI=1S/C8H9BF3O2.K/c1-14-8-3-2-6(5-13)4-7(8)9(10,11)12;/h2-4,13H,5H2,1H3;/q-1;+1. The summed E-state index contributed by atoms with van der Waals surface area (Å²) in [5.41, 5.74) is -0.584. The first-order valence-electron chi connectivity index (χ1n) is 3.96. The number of benzene rings is 1. The number of aliphatic hydroxyl groups excluding tert-OH is 1. The van der Waals surface area contributed by atoms with Crippen molar-refractivity contribution >= 4 is 12.4 Å². The maximum absolute atomic E-state index is 12.5. The molecule has 0 aliphatic heterocycles. The Balaban J connectivity index is 0.00000196. The smallest absolute Gasteiger partial charge is 0.500 e. The zero-order valence-corrected chi connectivity index (χ0v) is 11.6. The van der Waals surface area contributed by atoms with Crippen molar-refractivity contribution in [3.63, 3.8) is 0 Å². The van der Waals surface area contributed by atoms with Gasteiger partial charge in [-0.3, -0.25) is 0 Å². The van der Waals surface area contributed by atoms with E-state index in [-0.39, 0.29) is 62.7 Å². The van der Waals surface area contributed by atoms with Crippen molar-refractivity contribution in [2.24, 2.45) is 0 Å². The Bertz CT molecular complexity index is 330. The molecule has 0 heterocycles. The van der Waals surface area contributed by atoms with E-state index >= 15 is 0 Å². The minimum Gasteiger partial charge on any atom is -0.500 e. The number of hydrogen-bond donors (Lipinski definition) is 1. The monoisotopic (exact) mass is 244 g/mol. The summed E-state index contributed by atoms with van der Waals surface area (Å²) in [6.07, 6.45) is 0. The predicted molar refractivity (Wildman–Crippen MR) is 47.6 cm³/mol. The van der Waals surface area contributed by atoms with Crippen LogP contribution >= 0.6 is 0 Å². The van der Waals surface area contributed by atoms with E-state index in [4.69, 9.17) is 5.11 Å². The first-order chi connectivity index (χ1) is 6.49. The first kappa shape index (κ1) is 15.5. The average molecular weight is 244 g/mol. The fourth-order valence-electron chi connectivity index (χ4n) is 1.14. The molecule has 0 aliphatic carbocycles. The van der Waals surface area contributed by atoms with Crippen molar-refractivity contribution in [1.82, 2.24) is 0 Å². The Morgan fingerprint density at radius 2 is 1.93 bits per heavy atom. The molecule has 0 aromatic heterocycles. The van der Waals surface area contributed by atoms with Gasteiger partial charge in [0, 0.05) is 0 Å². The maximum atomic E-state index is 12.5. The van der Waals surface area contributed by atoms with Crippen molar-refractivity contribution in [1.29, 1.82) is 0 Å². The molecule has 0 bridgehead atoms. The third kappa shape index (κ3) is 4.09. The van der Waals surface area contributed by atoms with Gasteiger partial charge in [-0.05, 0) is 11.6 Å². The Labute approximate surface area is 128 Å². The van der Waals surface area contributed by atoms with E-state index in [1.807, 2.05) is 0 Å². The Hall–Kier alpha value is 0.471. The maximum Gasteiger partial charge on any atom is 1.00 e. The quantitative estimate of drug-likeness (QED) is 0.639. The fraction of sp³-hybridized carbons (Fsp3) is 0.250. The third-order valence-corrected chi connectivity index (χ3v) is 1.83. The van der Waals surface area contributed by atoms with Gasteiger partial charge in [0.15, 0.2) is 0 Å². The molecule has 0 saturated carbocycles. The Kier molecular flexibility index (Phi) is 6.46. The summed E-state index contributed by atoms with van der Waals surface area (Å²) in [6.45, 7) is -5.51. The van der Waals surface area contributed by atoms with Crippen LogP contribution in [0.4, 0.5) is 12.9 Å². The van der Waals surface area contributed by atoms with E-state index in [2.05, 4.69) is 4.74 Å². The molecule has 1 aromatic rings. The number of rotatable bonds is 3. The molecule has 0 fully saturated rings. The van der Waals surface area contributed by atoms with Crippen molar-refractivity contribution in [3.8, 4) is 5.75 Å². The van der Waals surface area contributed by atoms with Crippen LogP contribution < -0.4 is 61.6 Å². The van der Waals surface area contributed by atoms with Crippen LogP contribution in [0.5, 0.6) is 5.75 Å². The summed E-state index contributed by atoms with van der Waals surface area (Å²) in [5.74, 6) is -0.213. The number of ether oxygens (including phenoxy) is 1. The molecule has 0 atom stereocenters. The summed E-state index contributed by atoms with van der Waals surface area (Å²) < 4.78 is 41.9. The zero-order chi connectivity index (χ0) is 10.8. The van der Waals surface area contributed by atoms with Crippen molar-refractivity contribution in [2.45, 2.75) is 6.61 Å². The van der Waals surface area contributed by atoms with Gasteiger partial charge in [0.1, 0.15) is 0 Å². The SMILES string of the molecule is COc1ccc(CO)cc1[B-](F)(F)F.[K+]. The Morgan fingerprint density at radius 1 is 1.33 bits per heavy atom. The van der Waals surface area contributed by atoms with Crippen LogP contribution in [0.3, 0.4) is 0 Å². The van der Waals surface area contributed by atoms with Crippen LogP contribution in [0.1, 0.15) is 5.56 Å². The summed E-state index contributed by atoms with van der Waals surface area (Å²) in [6, 6.07) is 3.50. The molecule has 7 heteroatoms. The van der Waals surface area contributed by atoms with Crippen molar-refractivity contribution in [2.75, 3.05) is 7.11 Å². The van der Waals surface area contributed by atoms with E-state index in [1.165, 1.54) is 19.2 Å². The van der Waals surface area contributed by atoms with Crippen molar-refractivity contribution in [3.05, 3.63) is 23.8 Å². The second kappa shape index (κ2) is 6.27. The molecule has 1 aromatic carbocycles. The summed E-state index contributed by atoms with van der Waals surface area (Å²) in [4.78, 5) is 0. The van der Waals surface area contributed by atoms with Gasteiger partial charge >= 0.3 is 58.4 Å². The normalized spacial score (nSPS) is 10.7. The molecule has 0 aliphatic rings. The topological polar surface area (TPSA) is 29.5 Å². The van der Waals surface area contributed by atoms with Crippen molar-refractivity contribution < 1.29 is 74.2 Å². The molecule has 0 saturated heterocycles. The predicted octanol–water partition coefficient (Wildman–Crippen LogP) is -1.75. The number of halogens is 3. The minimum absolute atomic E-state index is 0. The van der Waals surface area contributed by atoms with E-state index in [0.717, 1.165) is 6.07 Å². The summed E-state index contributed by atoms with van der Waals surface area (Å²) >= 11 is 0. The number of hydrogen-bond acceptors (Lipinski definition) is 2. The molecule has 78 valence electrons. The van der Waals surface area contributed by atoms with Gasteiger partial charge in [-0.1, -0.05) is 17.6 Å². The second-order valence-electron chi connectivity index (χ2n) is 2.81. The molecule has 15 heavy (non-hydrogen) atoms. The van der Waals surface area contributed by atoms with Gasteiger partial charge in [0.2, 0.25) is 0 Å². The second-order valence-corrected chi connectivity index (χ2v) is 2.81. The number of methoxy groups -OCH3 is 1. The molecule has 1 N–H and O–H groups in total. The third-order valence-electron chi connectivity index (χ3n) is 1.83. The Morgan fingerprint density at radius 3 is 2.33 bits per heavy atom. The summed E-state index contributed by atoms with van der Waals surface area (Å²) in [7, 11) is 1.18. The zero-order valence-electron chi connectivity index (χ0n) is 8.51. The van der Waals surface area contributed by atoms with E-state index < -0.39 is 19.0 Å². The average Bonchev–Trinajstić information content (AvgIpc) is 2.15. The fourth-order valence-corrected chi connectivity index (χ4v) is 1.14. The minimum atomic E-state index is -5.10. The molecular weight excluding hydrogens is 235 g/mol. The van der Waals surface area contributed by atoms with Gasteiger partial charge < -0.3 is 22.8 Å². The van der Waals surface area contributed by atoms with Crippen LogP contribution in [0.15, 0.2) is 18.2 Å². The van der Waals surface area contributed by atoms with Crippen LogP contribution in [0.2, 0.25) is 0 Å². The molecule has 0 amide bonds. The van der Waals surface area contributed by atoms with Crippen LogP contribution in [-0.4, -0.2) is 19.2 Å². The van der Waals surface area contributed by atoms with Crippen LogP contribution in [-0.2, 0) is 6.61 Å². The van der Waals surface area contributed by atoms with Gasteiger partial charge in [0.25, 0.3) is 0 Å². The molecule has 2 nitrogen and oxygen atoms in total. The molecule has 1 rings (SSSR count). The largest absolute Gasteiger partial charge is 1.00 e. The van der Waals surface area contributed by atoms with Gasteiger partial charge in [-0.2, -0.15) is 0 Å². The van der Waals surface area contributed by atoms with Gasteiger partial charge in [-0.25, -0.2) is 0 Å². The summed E-state index contributed by atoms with van der Waals surface area (Å²) in [5, 5.41) is 8.69. The molecule has 0 unspecified atom stereocenters. The molecule has 0 radical (unpaired) electrons. The van der Waals surface area contributed by atoms with E-state index in [1.54, 1.807) is 0 Å². The first-order valence-corrected chi connectivity index (χ1v) is 3.96. The van der Waals surface area contributed by atoms with Gasteiger partial charge in [-0.15, -0.1) is 0 Å². The number of aliphatic hydroxyl groups is 1. The van der Waals surface area contributed by atoms with Crippen LogP contribution in [0, 0.1) is 0 Å². The molecular formula is C8H9BF3KO2. The van der Waals surface area contributed by atoms with Crippen LogP contribution in [0.25, 0.3) is 0 Å². The van der Waals surface area contributed by atoms with E-state index in [9.17, 15) is 12.9 Å². The van der Waals surface area contributed by atoms with E-state index in [0.29, 0.717) is 0 Å². The molecule has 0 spiro atoms. The van der Waals surface area contributed by atoms with Gasteiger partial charge in [0.05, 0.1) is 19.5 Å².